The van der Waals surface area contributed by atoms with Gasteiger partial charge in [0.1, 0.15) is 23.2 Å². The van der Waals surface area contributed by atoms with E-state index in [9.17, 15) is 19.2 Å². The molecule has 3 rings (SSSR count). The van der Waals surface area contributed by atoms with E-state index in [1.807, 2.05) is 32.0 Å². The Hall–Kier alpha value is -3.96. The molecule has 172 valence electrons. The number of ether oxygens (including phenoxy) is 1. The first-order valence-electron chi connectivity index (χ1n) is 10.2. The molecule has 0 bridgehead atoms. The number of rotatable bonds is 7. The van der Waals surface area contributed by atoms with Gasteiger partial charge in [-0.15, -0.1) is 0 Å². The lowest BCUT2D eigenvalue weighted by atomic mass is 10.1. The largest absolute Gasteiger partial charge is 0.483 e. The van der Waals surface area contributed by atoms with Crippen molar-refractivity contribution in [1.82, 2.24) is 0 Å². The molecule has 0 unspecified atom stereocenters. The standard InChI is InChI=1S/C26H21BrFN3O3/c1-16-7-9-22(17(2)11-16)31-26(33)19(14-29)12-18-13-20(27)8-10-24(18)34-15-25(32)30-23-6-4-3-5-21(23)28/h3-13H,15H2,1-2H3,(H,30,32)(H,31,33)/b19-12+. The monoisotopic (exact) mass is 521 g/mol. The van der Waals surface area contributed by atoms with Crippen LogP contribution in [0.1, 0.15) is 16.7 Å². The van der Waals surface area contributed by atoms with Gasteiger partial charge in [-0.1, -0.05) is 45.8 Å². The van der Waals surface area contributed by atoms with Crippen LogP contribution in [-0.4, -0.2) is 18.4 Å². The molecule has 0 aliphatic carbocycles. The normalized spacial score (nSPS) is 10.9. The summed E-state index contributed by atoms with van der Waals surface area (Å²) in [5, 5.41) is 14.8. The predicted molar refractivity (Wildman–Crippen MR) is 133 cm³/mol. The van der Waals surface area contributed by atoms with Gasteiger partial charge in [-0.2, -0.15) is 5.26 Å². The van der Waals surface area contributed by atoms with Crippen LogP contribution in [0.3, 0.4) is 0 Å². The number of aryl methyl sites for hydroxylation is 2. The molecule has 0 atom stereocenters. The van der Waals surface area contributed by atoms with Crippen molar-refractivity contribution in [2.24, 2.45) is 0 Å². The second-order valence-corrected chi connectivity index (χ2v) is 8.36. The molecule has 8 heteroatoms. The molecule has 0 heterocycles. The summed E-state index contributed by atoms with van der Waals surface area (Å²) in [6.45, 7) is 3.42. The van der Waals surface area contributed by atoms with Crippen LogP contribution in [0.5, 0.6) is 5.75 Å². The molecule has 0 aromatic heterocycles. The number of amides is 2. The van der Waals surface area contributed by atoms with Gasteiger partial charge in [-0.25, -0.2) is 4.39 Å². The number of hydrogen-bond donors (Lipinski definition) is 2. The maximum absolute atomic E-state index is 13.7. The summed E-state index contributed by atoms with van der Waals surface area (Å²) in [7, 11) is 0. The average Bonchev–Trinajstić information content (AvgIpc) is 2.80. The maximum Gasteiger partial charge on any atom is 0.266 e. The summed E-state index contributed by atoms with van der Waals surface area (Å²) in [5.41, 5.74) is 2.85. The van der Waals surface area contributed by atoms with E-state index in [2.05, 4.69) is 26.6 Å². The van der Waals surface area contributed by atoms with E-state index in [4.69, 9.17) is 4.74 Å². The van der Waals surface area contributed by atoms with Crippen molar-refractivity contribution in [2.45, 2.75) is 13.8 Å². The van der Waals surface area contributed by atoms with Crippen molar-refractivity contribution in [3.05, 3.63) is 93.2 Å². The highest BCUT2D eigenvalue weighted by atomic mass is 79.9. The molecule has 2 amide bonds. The first-order chi connectivity index (χ1) is 16.3. The van der Waals surface area contributed by atoms with E-state index in [0.29, 0.717) is 15.7 Å². The maximum atomic E-state index is 13.7. The Balaban J connectivity index is 1.77. The summed E-state index contributed by atoms with van der Waals surface area (Å²) < 4.78 is 20.0. The van der Waals surface area contributed by atoms with E-state index < -0.39 is 24.2 Å². The van der Waals surface area contributed by atoms with Crippen LogP contribution in [-0.2, 0) is 9.59 Å². The molecule has 2 N–H and O–H groups in total. The molecule has 0 aliphatic rings. The third-order valence-corrected chi connectivity index (χ3v) is 5.27. The Morgan fingerprint density at radius 1 is 1.06 bits per heavy atom. The Morgan fingerprint density at radius 3 is 2.53 bits per heavy atom. The first-order valence-corrected chi connectivity index (χ1v) is 11.0. The minimum atomic E-state index is -0.572. The smallest absolute Gasteiger partial charge is 0.266 e. The highest BCUT2D eigenvalue weighted by Crippen LogP contribution is 2.26. The Morgan fingerprint density at radius 2 is 1.82 bits per heavy atom. The highest BCUT2D eigenvalue weighted by molar-refractivity contribution is 9.10. The average molecular weight is 522 g/mol. The van der Waals surface area contributed by atoms with Gasteiger partial charge in [0.25, 0.3) is 11.8 Å². The van der Waals surface area contributed by atoms with Crippen molar-refractivity contribution in [3.63, 3.8) is 0 Å². The number of carbonyl (C=O) groups is 2. The zero-order valence-electron chi connectivity index (χ0n) is 18.5. The van der Waals surface area contributed by atoms with Crippen molar-refractivity contribution >= 4 is 45.2 Å². The highest BCUT2D eigenvalue weighted by Gasteiger charge is 2.14. The number of nitrogens with one attached hydrogen (secondary N) is 2. The predicted octanol–water partition coefficient (Wildman–Crippen LogP) is 5.77. The molecule has 34 heavy (non-hydrogen) atoms. The topological polar surface area (TPSA) is 91.2 Å². The van der Waals surface area contributed by atoms with E-state index in [1.54, 1.807) is 30.3 Å². The summed E-state index contributed by atoms with van der Waals surface area (Å²) in [5.74, 6) is -1.41. The third-order valence-electron chi connectivity index (χ3n) is 4.77. The van der Waals surface area contributed by atoms with Crippen LogP contribution in [0.25, 0.3) is 6.08 Å². The zero-order chi connectivity index (χ0) is 24.7. The number of hydrogen-bond acceptors (Lipinski definition) is 4. The molecule has 0 saturated heterocycles. The van der Waals surface area contributed by atoms with Gasteiger partial charge in [0.15, 0.2) is 6.61 Å². The number of para-hydroxylation sites is 1. The summed E-state index contributed by atoms with van der Waals surface area (Å²) >= 11 is 3.36. The quantitative estimate of drug-likeness (QED) is 0.305. The minimum Gasteiger partial charge on any atom is -0.483 e. The molecular weight excluding hydrogens is 501 g/mol. The second kappa shape index (κ2) is 11.3. The van der Waals surface area contributed by atoms with Gasteiger partial charge in [0.05, 0.1) is 5.69 Å². The van der Waals surface area contributed by atoms with Gasteiger partial charge < -0.3 is 15.4 Å². The number of benzene rings is 3. The van der Waals surface area contributed by atoms with Gasteiger partial charge >= 0.3 is 0 Å². The van der Waals surface area contributed by atoms with Crippen molar-refractivity contribution < 1.29 is 18.7 Å². The van der Waals surface area contributed by atoms with E-state index in [1.165, 1.54) is 24.3 Å². The lowest BCUT2D eigenvalue weighted by molar-refractivity contribution is -0.118. The number of halogens is 2. The van der Waals surface area contributed by atoms with E-state index >= 15 is 0 Å². The number of carbonyl (C=O) groups excluding carboxylic acids is 2. The van der Waals surface area contributed by atoms with E-state index in [0.717, 1.165) is 11.1 Å². The zero-order valence-corrected chi connectivity index (χ0v) is 20.1. The summed E-state index contributed by atoms with van der Waals surface area (Å²) in [4.78, 5) is 24.9. The number of nitriles is 1. The fourth-order valence-electron chi connectivity index (χ4n) is 3.10. The van der Waals surface area contributed by atoms with Crippen LogP contribution in [0.4, 0.5) is 15.8 Å². The molecule has 0 saturated carbocycles. The van der Waals surface area contributed by atoms with Crippen LogP contribution < -0.4 is 15.4 Å². The Kier molecular flexibility index (Phi) is 8.17. The molecule has 0 fully saturated rings. The fourth-order valence-corrected chi connectivity index (χ4v) is 3.48. The van der Waals surface area contributed by atoms with Crippen LogP contribution in [0.2, 0.25) is 0 Å². The van der Waals surface area contributed by atoms with Crippen LogP contribution in [0, 0.1) is 31.0 Å². The fraction of sp³-hybridized carbons (Fsp3) is 0.115. The molecule has 3 aromatic carbocycles. The number of nitrogens with zero attached hydrogens (tertiary/aromatic N) is 1. The van der Waals surface area contributed by atoms with Gasteiger partial charge in [-0.05, 0) is 61.9 Å². The molecule has 6 nitrogen and oxygen atoms in total. The first kappa shape index (κ1) is 24.7. The number of anilines is 2. The Labute approximate surface area is 205 Å². The molecule has 3 aromatic rings. The molecule has 0 spiro atoms. The van der Waals surface area contributed by atoms with Gasteiger partial charge in [-0.3, -0.25) is 9.59 Å². The lowest BCUT2D eigenvalue weighted by Gasteiger charge is -2.12. The Bertz CT molecular complexity index is 1310. The van der Waals surface area contributed by atoms with Gasteiger partial charge in [0, 0.05) is 15.7 Å². The van der Waals surface area contributed by atoms with Crippen LogP contribution >= 0.6 is 15.9 Å². The SMILES string of the molecule is Cc1ccc(NC(=O)/C(C#N)=C/c2cc(Br)ccc2OCC(=O)Nc2ccccc2F)c(C)c1. The van der Waals surface area contributed by atoms with Crippen LogP contribution in [0.15, 0.2) is 70.7 Å². The molecule has 0 radical (unpaired) electrons. The van der Waals surface area contributed by atoms with Gasteiger partial charge in [0.2, 0.25) is 0 Å². The molecule has 0 aliphatic heterocycles. The summed E-state index contributed by atoms with van der Waals surface area (Å²) in [6.07, 6.45) is 1.38. The lowest BCUT2D eigenvalue weighted by Crippen LogP contribution is -2.21. The van der Waals surface area contributed by atoms with Crippen molar-refractivity contribution in [1.29, 1.82) is 5.26 Å². The van der Waals surface area contributed by atoms with Crippen molar-refractivity contribution in [2.75, 3.05) is 17.2 Å². The minimum absolute atomic E-state index is 0.0434. The second-order valence-electron chi connectivity index (χ2n) is 7.44. The molecular formula is C26H21BrFN3O3. The summed E-state index contributed by atoms with van der Waals surface area (Å²) in [6, 6.07) is 18.2. The third kappa shape index (κ3) is 6.53. The van der Waals surface area contributed by atoms with Crippen molar-refractivity contribution in [3.8, 4) is 11.8 Å². The van der Waals surface area contributed by atoms with E-state index in [-0.39, 0.29) is 17.0 Å².